The SMILES string of the molecule is O=[S@](C[C@@H]1CCCN1)c1cnc2ccccc2n1. The van der Waals surface area contributed by atoms with Gasteiger partial charge in [0.05, 0.1) is 28.0 Å². The highest BCUT2D eigenvalue weighted by Gasteiger charge is 2.18. The number of nitrogens with one attached hydrogen (secondary N) is 1. The van der Waals surface area contributed by atoms with Gasteiger partial charge in [0.25, 0.3) is 0 Å². The zero-order valence-electron chi connectivity index (χ0n) is 10.0. The summed E-state index contributed by atoms with van der Waals surface area (Å²) in [6.07, 6.45) is 3.91. The maximum atomic E-state index is 12.2. The quantitative estimate of drug-likeness (QED) is 0.909. The van der Waals surface area contributed by atoms with E-state index in [4.69, 9.17) is 0 Å². The first-order valence-corrected chi connectivity index (χ1v) is 7.48. The third kappa shape index (κ3) is 2.42. The minimum absolute atomic E-state index is 0.360. The molecule has 2 atom stereocenters. The van der Waals surface area contributed by atoms with Crippen LogP contribution in [0.3, 0.4) is 0 Å². The lowest BCUT2D eigenvalue weighted by Gasteiger charge is -2.09. The molecule has 1 saturated heterocycles. The van der Waals surface area contributed by atoms with E-state index < -0.39 is 10.8 Å². The summed E-state index contributed by atoms with van der Waals surface area (Å²) >= 11 is 0. The van der Waals surface area contributed by atoms with Crippen LogP contribution in [0.5, 0.6) is 0 Å². The van der Waals surface area contributed by atoms with Crippen molar-refractivity contribution in [1.82, 2.24) is 15.3 Å². The van der Waals surface area contributed by atoms with E-state index in [0.29, 0.717) is 16.8 Å². The molecule has 0 bridgehead atoms. The summed E-state index contributed by atoms with van der Waals surface area (Å²) in [5, 5.41) is 3.94. The monoisotopic (exact) mass is 261 g/mol. The van der Waals surface area contributed by atoms with E-state index in [0.717, 1.165) is 24.0 Å². The second-order valence-electron chi connectivity index (χ2n) is 4.50. The predicted molar refractivity (Wildman–Crippen MR) is 71.8 cm³/mol. The topological polar surface area (TPSA) is 54.9 Å². The van der Waals surface area contributed by atoms with Crippen LogP contribution in [0.4, 0.5) is 0 Å². The van der Waals surface area contributed by atoms with E-state index in [9.17, 15) is 4.21 Å². The van der Waals surface area contributed by atoms with E-state index in [1.807, 2.05) is 24.3 Å². The van der Waals surface area contributed by atoms with Gasteiger partial charge in [-0.25, -0.2) is 4.98 Å². The van der Waals surface area contributed by atoms with Crippen molar-refractivity contribution in [1.29, 1.82) is 0 Å². The van der Waals surface area contributed by atoms with Gasteiger partial charge < -0.3 is 5.32 Å². The van der Waals surface area contributed by atoms with Gasteiger partial charge in [0.15, 0.2) is 0 Å². The number of rotatable bonds is 3. The number of hydrogen-bond acceptors (Lipinski definition) is 4. The van der Waals surface area contributed by atoms with Crippen LogP contribution in [0.2, 0.25) is 0 Å². The molecule has 0 spiro atoms. The summed E-state index contributed by atoms with van der Waals surface area (Å²) in [6, 6.07) is 8.02. The number of fused-ring (bicyclic) bond motifs is 1. The van der Waals surface area contributed by atoms with Crippen LogP contribution in [0.15, 0.2) is 35.5 Å². The molecule has 5 heteroatoms. The molecule has 94 valence electrons. The largest absolute Gasteiger partial charge is 0.313 e. The number of nitrogens with zero attached hydrogens (tertiary/aromatic N) is 2. The highest BCUT2D eigenvalue weighted by molar-refractivity contribution is 7.85. The van der Waals surface area contributed by atoms with Crippen LogP contribution < -0.4 is 5.32 Å². The first-order valence-electron chi connectivity index (χ1n) is 6.16. The molecule has 0 aliphatic carbocycles. The van der Waals surface area contributed by atoms with E-state index >= 15 is 0 Å². The van der Waals surface area contributed by atoms with Crippen LogP contribution in [0.25, 0.3) is 11.0 Å². The zero-order valence-corrected chi connectivity index (χ0v) is 10.8. The Bertz CT molecular complexity index is 581. The first kappa shape index (κ1) is 11.7. The molecule has 2 aromatic rings. The van der Waals surface area contributed by atoms with E-state index in [1.54, 1.807) is 6.20 Å². The van der Waals surface area contributed by atoms with Crippen LogP contribution in [-0.4, -0.2) is 32.5 Å². The average Bonchev–Trinajstić information content (AvgIpc) is 2.91. The van der Waals surface area contributed by atoms with Crippen molar-refractivity contribution >= 4 is 21.8 Å². The third-order valence-corrected chi connectivity index (χ3v) is 4.54. The van der Waals surface area contributed by atoms with Gasteiger partial charge >= 0.3 is 0 Å². The Morgan fingerprint density at radius 3 is 2.94 bits per heavy atom. The van der Waals surface area contributed by atoms with E-state index in [1.165, 1.54) is 6.42 Å². The second kappa shape index (κ2) is 5.12. The normalized spacial score (nSPS) is 21.2. The molecule has 3 rings (SSSR count). The third-order valence-electron chi connectivity index (χ3n) is 3.17. The molecule has 4 nitrogen and oxygen atoms in total. The Morgan fingerprint density at radius 1 is 1.33 bits per heavy atom. The van der Waals surface area contributed by atoms with E-state index in [-0.39, 0.29) is 0 Å². The van der Waals surface area contributed by atoms with Crippen molar-refractivity contribution in [3.8, 4) is 0 Å². The molecular formula is C13H15N3OS. The molecule has 2 heterocycles. The molecule has 1 N–H and O–H groups in total. The van der Waals surface area contributed by atoms with Crippen molar-refractivity contribution < 1.29 is 4.21 Å². The van der Waals surface area contributed by atoms with Gasteiger partial charge in [-0.05, 0) is 31.5 Å². The van der Waals surface area contributed by atoms with Gasteiger partial charge in [-0.15, -0.1) is 0 Å². The summed E-state index contributed by atoms with van der Waals surface area (Å²) in [6.45, 7) is 1.03. The van der Waals surface area contributed by atoms with Gasteiger partial charge in [0, 0.05) is 11.8 Å². The minimum Gasteiger partial charge on any atom is -0.313 e. The number of hydrogen-bond donors (Lipinski definition) is 1. The fourth-order valence-corrected chi connectivity index (χ4v) is 3.41. The van der Waals surface area contributed by atoms with Crippen molar-refractivity contribution in [2.45, 2.75) is 23.9 Å². The number of aromatic nitrogens is 2. The standard InChI is InChI=1S/C13H15N3OS/c17-18(9-10-4-3-7-14-10)13-8-15-11-5-1-2-6-12(11)16-13/h1-2,5-6,8,10,14H,3-4,7,9H2/t10-,18+/m0/s1. The van der Waals surface area contributed by atoms with Crippen LogP contribution in [-0.2, 0) is 10.8 Å². The Labute approximate surface area is 108 Å². The van der Waals surface area contributed by atoms with Gasteiger partial charge in [-0.1, -0.05) is 12.1 Å². The average molecular weight is 261 g/mol. The maximum Gasteiger partial charge on any atom is 0.146 e. The first-order chi connectivity index (χ1) is 8.83. The Morgan fingerprint density at radius 2 is 2.17 bits per heavy atom. The fourth-order valence-electron chi connectivity index (χ4n) is 2.22. The van der Waals surface area contributed by atoms with Gasteiger partial charge in [0.2, 0.25) is 0 Å². The lowest BCUT2D eigenvalue weighted by Crippen LogP contribution is -2.27. The molecule has 1 aliphatic heterocycles. The van der Waals surface area contributed by atoms with Crippen LogP contribution in [0.1, 0.15) is 12.8 Å². The van der Waals surface area contributed by atoms with Gasteiger partial charge in [-0.2, -0.15) is 0 Å². The summed E-state index contributed by atoms with van der Waals surface area (Å²) in [4.78, 5) is 8.73. The molecule has 1 aromatic heterocycles. The van der Waals surface area contributed by atoms with Crippen LogP contribution >= 0.6 is 0 Å². The fraction of sp³-hybridized carbons (Fsp3) is 0.385. The van der Waals surface area contributed by atoms with Gasteiger partial charge in [0.1, 0.15) is 5.03 Å². The summed E-state index contributed by atoms with van der Waals surface area (Å²) in [5.74, 6) is 0.632. The van der Waals surface area contributed by atoms with E-state index in [2.05, 4.69) is 15.3 Å². The number of para-hydroxylation sites is 2. The molecule has 1 aliphatic rings. The maximum absolute atomic E-state index is 12.2. The molecule has 0 saturated carbocycles. The zero-order chi connectivity index (χ0) is 12.4. The molecule has 0 radical (unpaired) electrons. The van der Waals surface area contributed by atoms with Crippen LogP contribution in [0, 0.1) is 0 Å². The highest BCUT2D eigenvalue weighted by Crippen LogP contribution is 2.13. The predicted octanol–water partition coefficient (Wildman–Crippen LogP) is 1.49. The molecule has 18 heavy (non-hydrogen) atoms. The number of benzene rings is 1. The lowest BCUT2D eigenvalue weighted by atomic mass is 10.3. The summed E-state index contributed by atoms with van der Waals surface area (Å²) < 4.78 is 12.2. The van der Waals surface area contributed by atoms with Crippen molar-refractivity contribution in [3.63, 3.8) is 0 Å². The molecule has 1 aromatic carbocycles. The van der Waals surface area contributed by atoms with Gasteiger partial charge in [-0.3, -0.25) is 9.19 Å². The molecule has 0 amide bonds. The Balaban J connectivity index is 1.82. The van der Waals surface area contributed by atoms with Crippen molar-refractivity contribution in [2.24, 2.45) is 0 Å². The summed E-state index contributed by atoms with van der Waals surface area (Å²) in [5.41, 5.74) is 1.65. The summed E-state index contributed by atoms with van der Waals surface area (Å²) in [7, 11) is -1.07. The smallest absolute Gasteiger partial charge is 0.146 e. The van der Waals surface area contributed by atoms with Crippen molar-refractivity contribution in [3.05, 3.63) is 30.5 Å². The minimum atomic E-state index is -1.07. The molecular weight excluding hydrogens is 246 g/mol. The lowest BCUT2D eigenvalue weighted by molar-refractivity contribution is 0.641. The second-order valence-corrected chi connectivity index (χ2v) is 5.95. The molecule has 1 fully saturated rings. The Kier molecular flexibility index (Phi) is 3.34. The molecule has 0 unspecified atom stereocenters. The highest BCUT2D eigenvalue weighted by atomic mass is 32.2. The Hall–Kier alpha value is -1.33. The van der Waals surface area contributed by atoms with Crippen molar-refractivity contribution in [2.75, 3.05) is 12.3 Å².